The Balaban J connectivity index is 1.64. The van der Waals surface area contributed by atoms with Crippen molar-refractivity contribution in [2.24, 2.45) is 16.9 Å². The SMILES string of the molecule is CC(C)S(=O)(=O)N[C@H](Cc1ccccc1)C(=O)N1CCC[C@H]1C(=O)NCC1CCN(C=NN)CC1. The largest absolute Gasteiger partial charge is 0.361 e. The molecule has 2 aliphatic rings. The van der Waals surface area contributed by atoms with E-state index in [-0.39, 0.29) is 18.2 Å². The summed E-state index contributed by atoms with van der Waals surface area (Å²) in [4.78, 5) is 30.2. The van der Waals surface area contributed by atoms with Crippen LogP contribution in [0.1, 0.15) is 45.1 Å². The van der Waals surface area contributed by atoms with Crippen molar-refractivity contribution in [2.75, 3.05) is 26.2 Å². The summed E-state index contributed by atoms with van der Waals surface area (Å²) in [6, 6.07) is 7.75. The monoisotopic (exact) mass is 506 g/mol. The summed E-state index contributed by atoms with van der Waals surface area (Å²) in [5.41, 5.74) is 0.850. The zero-order valence-electron chi connectivity index (χ0n) is 20.6. The van der Waals surface area contributed by atoms with Gasteiger partial charge in [0, 0.05) is 26.2 Å². The van der Waals surface area contributed by atoms with E-state index in [2.05, 4.69) is 20.0 Å². The van der Waals surface area contributed by atoms with Gasteiger partial charge in [0.15, 0.2) is 0 Å². The number of carbonyl (C=O) groups excluding carboxylic acids is 2. The number of piperidine rings is 1. The van der Waals surface area contributed by atoms with E-state index in [0.717, 1.165) is 31.5 Å². The van der Waals surface area contributed by atoms with Crippen LogP contribution in [0, 0.1) is 5.92 Å². The van der Waals surface area contributed by atoms with E-state index in [1.807, 2.05) is 30.3 Å². The molecule has 0 saturated carbocycles. The van der Waals surface area contributed by atoms with Crippen LogP contribution in [0.15, 0.2) is 35.4 Å². The summed E-state index contributed by atoms with van der Waals surface area (Å²) in [5.74, 6) is 5.04. The maximum absolute atomic E-state index is 13.6. The first-order valence-electron chi connectivity index (χ1n) is 12.3. The quantitative estimate of drug-likeness (QED) is 0.184. The number of nitrogens with zero attached hydrogens (tertiary/aromatic N) is 3. The highest BCUT2D eigenvalue weighted by Crippen LogP contribution is 2.21. The van der Waals surface area contributed by atoms with Crippen LogP contribution in [0.25, 0.3) is 0 Å². The van der Waals surface area contributed by atoms with Crippen molar-refractivity contribution in [3.8, 4) is 0 Å². The van der Waals surface area contributed by atoms with E-state index >= 15 is 0 Å². The molecule has 35 heavy (non-hydrogen) atoms. The maximum atomic E-state index is 13.6. The van der Waals surface area contributed by atoms with Gasteiger partial charge in [-0.25, -0.2) is 13.1 Å². The van der Waals surface area contributed by atoms with Gasteiger partial charge in [0.2, 0.25) is 21.8 Å². The van der Waals surface area contributed by atoms with Gasteiger partial charge in [-0.15, -0.1) is 0 Å². The number of rotatable bonds is 10. The van der Waals surface area contributed by atoms with Crippen molar-refractivity contribution in [2.45, 2.75) is 63.3 Å². The molecule has 0 bridgehead atoms. The minimum Gasteiger partial charge on any atom is -0.361 e. The zero-order chi connectivity index (χ0) is 25.4. The first kappa shape index (κ1) is 26.9. The Hall–Kier alpha value is -2.66. The van der Waals surface area contributed by atoms with Crippen molar-refractivity contribution in [1.29, 1.82) is 0 Å². The van der Waals surface area contributed by atoms with Gasteiger partial charge in [0.25, 0.3) is 0 Å². The molecule has 2 fully saturated rings. The molecule has 2 heterocycles. The average Bonchev–Trinajstić information content (AvgIpc) is 3.33. The normalized spacial score (nSPS) is 20.5. The van der Waals surface area contributed by atoms with Crippen LogP contribution in [-0.2, 0) is 26.0 Å². The third-order valence-corrected chi connectivity index (χ3v) is 8.64. The molecule has 4 N–H and O–H groups in total. The molecule has 1 aromatic carbocycles. The fraction of sp³-hybridized carbons (Fsp3) is 0.625. The van der Waals surface area contributed by atoms with Gasteiger partial charge in [-0.3, -0.25) is 9.59 Å². The Morgan fingerprint density at radius 1 is 1.14 bits per heavy atom. The molecular weight excluding hydrogens is 468 g/mol. The van der Waals surface area contributed by atoms with Crippen molar-refractivity contribution < 1.29 is 18.0 Å². The first-order chi connectivity index (χ1) is 16.7. The molecule has 0 aromatic heterocycles. The second kappa shape index (κ2) is 12.3. The number of sulfonamides is 1. The van der Waals surface area contributed by atoms with Gasteiger partial charge in [-0.05, 0) is 57.4 Å². The molecule has 0 spiro atoms. The lowest BCUT2D eigenvalue weighted by molar-refractivity contribution is -0.139. The predicted molar refractivity (Wildman–Crippen MR) is 136 cm³/mol. The molecule has 3 rings (SSSR count). The Bertz CT molecular complexity index is 977. The van der Waals surface area contributed by atoms with Crippen LogP contribution in [-0.4, -0.2) is 79.9 Å². The summed E-state index contributed by atoms with van der Waals surface area (Å²) in [5, 5.41) is 5.92. The molecule has 2 amide bonds. The van der Waals surface area contributed by atoms with Gasteiger partial charge < -0.3 is 21.0 Å². The fourth-order valence-corrected chi connectivity index (χ4v) is 5.45. The molecule has 10 nitrogen and oxygen atoms in total. The number of hydrazone groups is 1. The van der Waals surface area contributed by atoms with Crippen molar-refractivity contribution in [3.05, 3.63) is 35.9 Å². The Labute approximate surface area is 208 Å². The lowest BCUT2D eigenvalue weighted by atomic mass is 9.97. The van der Waals surface area contributed by atoms with E-state index in [1.54, 1.807) is 25.1 Å². The zero-order valence-corrected chi connectivity index (χ0v) is 21.4. The number of nitrogens with two attached hydrogens (primary N) is 1. The molecule has 0 unspecified atom stereocenters. The molecule has 2 atom stereocenters. The van der Waals surface area contributed by atoms with E-state index < -0.39 is 27.4 Å². The molecular formula is C24H38N6O4S. The van der Waals surface area contributed by atoms with Crippen LogP contribution in [0.2, 0.25) is 0 Å². The second-order valence-electron chi connectivity index (χ2n) is 9.63. The molecule has 194 valence electrons. The number of carbonyl (C=O) groups is 2. The number of amides is 2. The van der Waals surface area contributed by atoms with Gasteiger partial charge in [0.1, 0.15) is 18.4 Å². The molecule has 2 aliphatic heterocycles. The lowest BCUT2D eigenvalue weighted by Crippen LogP contribution is -2.55. The summed E-state index contributed by atoms with van der Waals surface area (Å²) in [7, 11) is -3.68. The highest BCUT2D eigenvalue weighted by Gasteiger charge is 2.39. The topological polar surface area (TPSA) is 137 Å². The summed E-state index contributed by atoms with van der Waals surface area (Å²) < 4.78 is 27.9. The predicted octanol–water partition coefficient (Wildman–Crippen LogP) is 0.647. The number of hydrogen-bond donors (Lipinski definition) is 3. The Morgan fingerprint density at radius 3 is 2.46 bits per heavy atom. The van der Waals surface area contributed by atoms with E-state index in [1.165, 1.54) is 0 Å². The molecule has 0 radical (unpaired) electrons. The third kappa shape index (κ3) is 7.41. The van der Waals surface area contributed by atoms with Crippen LogP contribution >= 0.6 is 0 Å². The number of likely N-dealkylation sites (tertiary alicyclic amines) is 2. The number of benzene rings is 1. The van der Waals surface area contributed by atoms with E-state index in [0.29, 0.717) is 31.8 Å². The van der Waals surface area contributed by atoms with Crippen molar-refractivity contribution in [3.63, 3.8) is 0 Å². The van der Waals surface area contributed by atoms with Gasteiger partial charge in [-0.2, -0.15) is 5.10 Å². The van der Waals surface area contributed by atoms with Crippen LogP contribution < -0.4 is 15.9 Å². The highest BCUT2D eigenvalue weighted by atomic mass is 32.2. The van der Waals surface area contributed by atoms with E-state index in [4.69, 9.17) is 5.84 Å². The van der Waals surface area contributed by atoms with Crippen molar-refractivity contribution >= 4 is 28.2 Å². The molecule has 2 saturated heterocycles. The van der Waals surface area contributed by atoms with Gasteiger partial charge in [0.05, 0.1) is 5.25 Å². The summed E-state index contributed by atoms with van der Waals surface area (Å²) >= 11 is 0. The molecule has 0 aliphatic carbocycles. The van der Waals surface area contributed by atoms with Crippen LogP contribution in [0.5, 0.6) is 0 Å². The standard InChI is InChI=1S/C24H38N6O4S/c1-18(2)35(33,34)28-21(15-19-7-4-3-5-8-19)24(32)30-12-6-9-22(30)23(31)26-16-20-10-13-29(14-11-20)17-27-25/h3-5,7-8,17-18,20-22,28H,6,9-16,25H2,1-2H3,(H,26,31)/t21-,22+/m1/s1. The van der Waals surface area contributed by atoms with Crippen LogP contribution in [0.3, 0.4) is 0 Å². The Morgan fingerprint density at radius 2 is 1.83 bits per heavy atom. The van der Waals surface area contributed by atoms with Gasteiger partial charge >= 0.3 is 0 Å². The lowest BCUT2D eigenvalue weighted by Gasteiger charge is -2.32. The third-order valence-electron chi connectivity index (χ3n) is 6.79. The Kier molecular flexibility index (Phi) is 9.50. The highest BCUT2D eigenvalue weighted by molar-refractivity contribution is 7.90. The van der Waals surface area contributed by atoms with Crippen molar-refractivity contribution in [1.82, 2.24) is 19.8 Å². The number of nitrogens with one attached hydrogen (secondary N) is 2. The first-order valence-corrected chi connectivity index (χ1v) is 13.9. The minimum atomic E-state index is -3.68. The summed E-state index contributed by atoms with van der Waals surface area (Å²) in [6.07, 6.45) is 4.98. The summed E-state index contributed by atoms with van der Waals surface area (Å²) in [6.45, 7) is 5.82. The van der Waals surface area contributed by atoms with E-state index in [9.17, 15) is 18.0 Å². The number of hydrogen-bond acceptors (Lipinski definition) is 6. The molecule has 11 heteroatoms. The maximum Gasteiger partial charge on any atom is 0.242 e. The van der Waals surface area contributed by atoms with Gasteiger partial charge in [-0.1, -0.05) is 30.3 Å². The average molecular weight is 507 g/mol. The minimum absolute atomic E-state index is 0.174. The smallest absolute Gasteiger partial charge is 0.242 e. The molecule has 1 aromatic rings. The fourth-order valence-electron chi connectivity index (χ4n) is 4.60. The van der Waals surface area contributed by atoms with Crippen LogP contribution in [0.4, 0.5) is 0 Å². The second-order valence-corrected chi connectivity index (χ2v) is 11.9.